The lowest BCUT2D eigenvalue weighted by Crippen LogP contribution is -2.20. The third-order valence-electron chi connectivity index (χ3n) is 3.21. The molecule has 1 aromatic heterocycles. The molecule has 3 heteroatoms. The Morgan fingerprint density at radius 2 is 1.86 bits per heavy atom. The molecule has 2 unspecified atom stereocenters. The minimum absolute atomic E-state index is 0.274. The SMILES string of the molecule is CC.CC1CC(Oc2ccnc3ccccc23)CN1.CCC. The minimum Gasteiger partial charge on any atom is -0.488 e. The Bertz CT molecular complexity index is 536. The van der Waals surface area contributed by atoms with Crippen molar-refractivity contribution in [1.29, 1.82) is 0 Å². The van der Waals surface area contributed by atoms with Crippen molar-refractivity contribution in [3.8, 4) is 5.75 Å². The summed E-state index contributed by atoms with van der Waals surface area (Å²) >= 11 is 0. The molecule has 1 saturated heterocycles. The lowest BCUT2D eigenvalue weighted by Gasteiger charge is -2.14. The van der Waals surface area contributed by atoms with E-state index in [0.29, 0.717) is 6.04 Å². The molecule has 2 heterocycles. The molecule has 3 rings (SSSR count). The molecule has 0 bridgehead atoms. The molecular formula is C19H30N2O. The first-order valence-electron chi connectivity index (χ1n) is 8.48. The first-order valence-corrected chi connectivity index (χ1v) is 8.48. The molecule has 2 atom stereocenters. The fourth-order valence-corrected chi connectivity index (χ4v) is 2.34. The number of para-hydroxylation sites is 1. The second kappa shape index (κ2) is 10.2. The van der Waals surface area contributed by atoms with E-state index in [9.17, 15) is 0 Å². The maximum atomic E-state index is 6.06. The Kier molecular flexibility index (Phi) is 8.53. The van der Waals surface area contributed by atoms with E-state index in [0.717, 1.165) is 29.6 Å². The molecule has 0 saturated carbocycles. The van der Waals surface area contributed by atoms with Crippen molar-refractivity contribution in [3.63, 3.8) is 0 Å². The molecule has 1 fully saturated rings. The van der Waals surface area contributed by atoms with Crippen LogP contribution in [0.5, 0.6) is 5.75 Å². The fourth-order valence-electron chi connectivity index (χ4n) is 2.34. The number of ether oxygens (including phenoxy) is 1. The van der Waals surface area contributed by atoms with Crippen molar-refractivity contribution < 1.29 is 4.74 Å². The van der Waals surface area contributed by atoms with Crippen molar-refractivity contribution in [2.24, 2.45) is 0 Å². The zero-order valence-electron chi connectivity index (χ0n) is 14.6. The molecule has 0 spiro atoms. The van der Waals surface area contributed by atoms with Crippen LogP contribution in [0.25, 0.3) is 10.9 Å². The van der Waals surface area contributed by atoms with Crippen LogP contribution in [0, 0.1) is 0 Å². The summed E-state index contributed by atoms with van der Waals surface area (Å²) < 4.78 is 6.06. The highest BCUT2D eigenvalue weighted by atomic mass is 16.5. The molecule has 122 valence electrons. The van der Waals surface area contributed by atoms with Crippen LogP contribution in [0.15, 0.2) is 36.5 Å². The van der Waals surface area contributed by atoms with Crippen LogP contribution in [0.4, 0.5) is 0 Å². The van der Waals surface area contributed by atoms with Crippen LogP contribution in [0.2, 0.25) is 0 Å². The van der Waals surface area contributed by atoms with Gasteiger partial charge in [0.1, 0.15) is 11.9 Å². The molecule has 0 amide bonds. The maximum absolute atomic E-state index is 6.06. The quantitative estimate of drug-likeness (QED) is 0.864. The van der Waals surface area contributed by atoms with Gasteiger partial charge in [0.05, 0.1) is 5.52 Å². The standard InChI is InChI=1S/C14H16N2O.C3H8.C2H6/c1-10-8-11(9-16-10)17-14-6-7-15-13-5-3-2-4-12(13)14;1-3-2;1-2/h2-7,10-11,16H,8-9H2,1H3;3H2,1-2H3;1-2H3. The van der Waals surface area contributed by atoms with E-state index in [1.807, 2.05) is 44.3 Å². The molecule has 0 aliphatic carbocycles. The summed E-state index contributed by atoms with van der Waals surface area (Å²) in [6.07, 6.45) is 4.40. The summed E-state index contributed by atoms with van der Waals surface area (Å²) in [7, 11) is 0. The van der Waals surface area contributed by atoms with E-state index < -0.39 is 0 Å². The van der Waals surface area contributed by atoms with Crippen LogP contribution < -0.4 is 10.1 Å². The summed E-state index contributed by atoms with van der Waals surface area (Å²) in [6.45, 7) is 11.4. The van der Waals surface area contributed by atoms with E-state index in [4.69, 9.17) is 4.74 Å². The Morgan fingerprint density at radius 3 is 2.50 bits per heavy atom. The van der Waals surface area contributed by atoms with Gasteiger partial charge in [-0.25, -0.2) is 0 Å². The van der Waals surface area contributed by atoms with Gasteiger partial charge in [0.25, 0.3) is 0 Å². The highest BCUT2D eigenvalue weighted by molar-refractivity contribution is 5.84. The van der Waals surface area contributed by atoms with E-state index in [1.165, 1.54) is 6.42 Å². The maximum Gasteiger partial charge on any atom is 0.130 e. The first-order chi connectivity index (χ1) is 10.7. The smallest absolute Gasteiger partial charge is 0.130 e. The van der Waals surface area contributed by atoms with Crippen LogP contribution >= 0.6 is 0 Å². The summed E-state index contributed by atoms with van der Waals surface area (Å²) in [5, 5.41) is 4.49. The lowest BCUT2D eigenvalue weighted by molar-refractivity contribution is 0.223. The van der Waals surface area contributed by atoms with Gasteiger partial charge in [-0.15, -0.1) is 0 Å². The average molecular weight is 302 g/mol. The summed E-state index contributed by atoms with van der Waals surface area (Å²) in [4.78, 5) is 4.34. The molecule has 1 aliphatic heterocycles. The van der Waals surface area contributed by atoms with E-state index >= 15 is 0 Å². The van der Waals surface area contributed by atoms with E-state index in [-0.39, 0.29) is 6.10 Å². The number of hydrogen-bond donors (Lipinski definition) is 1. The fraction of sp³-hybridized carbons (Fsp3) is 0.526. The molecule has 1 aliphatic rings. The van der Waals surface area contributed by atoms with Gasteiger partial charge in [0.15, 0.2) is 0 Å². The number of hydrogen-bond acceptors (Lipinski definition) is 3. The highest BCUT2D eigenvalue weighted by Crippen LogP contribution is 2.25. The van der Waals surface area contributed by atoms with Crippen LogP contribution in [0.1, 0.15) is 47.5 Å². The first kappa shape index (κ1) is 18.4. The van der Waals surface area contributed by atoms with Gasteiger partial charge in [-0.05, 0) is 25.1 Å². The van der Waals surface area contributed by atoms with Crippen LogP contribution in [-0.4, -0.2) is 23.7 Å². The van der Waals surface area contributed by atoms with Gasteiger partial charge in [-0.2, -0.15) is 0 Å². The van der Waals surface area contributed by atoms with Gasteiger partial charge in [0, 0.05) is 30.6 Å². The number of fused-ring (bicyclic) bond motifs is 1. The largest absolute Gasteiger partial charge is 0.488 e. The van der Waals surface area contributed by atoms with Gasteiger partial charge in [-0.1, -0.05) is 46.2 Å². The zero-order chi connectivity index (χ0) is 16.4. The number of pyridine rings is 1. The molecule has 1 N–H and O–H groups in total. The van der Waals surface area contributed by atoms with Crippen molar-refractivity contribution in [2.75, 3.05) is 6.54 Å². The summed E-state index contributed by atoms with van der Waals surface area (Å²) in [6, 6.07) is 10.6. The van der Waals surface area contributed by atoms with Gasteiger partial charge in [-0.3, -0.25) is 4.98 Å². The van der Waals surface area contributed by atoms with Crippen LogP contribution in [-0.2, 0) is 0 Å². The molecular weight excluding hydrogens is 272 g/mol. The monoisotopic (exact) mass is 302 g/mol. The number of nitrogens with one attached hydrogen (secondary N) is 1. The normalized spacial score (nSPS) is 19.7. The number of benzene rings is 1. The Balaban J connectivity index is 0.000000435. The van der Waals surface area contributed by atoms with Crippen LogP contribution in [0.3, 0.4) is 0 Å². The average Bonchev–Trinajstić information content (AvgIpc) is 2.96. The number of nitrogens with zero attached hydrogens (tertiary/aromatic N) is 1. The summed E-state index contributed by atoms with van der Waals surface area (Å²) in [5.41, 5.74) is 0.990. The van der Waals surface area contributed by atoms with E-state index in [1.54, 1.807) is 0 Å². The minimum atomic E-state index is 0.274. The molecule has 1 aromatic carbocycles. The number of aromatic nitrogens is 1. The number of rotatable bonds is 2. The van der Waals surface area contributed by atoms with Gasteiger partial charge in [0.2, 0.25) is 0 Å². The molecule has 0 radical (unpaired) electrons. The Morgan fingerprint density at radius 1 is 1.18 bits per heavy atom. The Labute approximate surface area is 135 Å². The molecule has 3 nitrogen and oxygen atoms in total. The summed E-state index contributed by atoms with van der Waals surface area (Å²) in [5.74, 6) is 0.941. The van der Waals surface area contributed by atoms with Gasteiger partial charge < -0.3 is 10.1 Å². The topological polar surface area (TPSA) is 34.1 Å². The van der Waals surface area contributed by atoms with Crippen molar-refractivity contribution in [1.82, 2.24) is 10.3 Å². The third-order valence-corrected chi connectivity index (χ3v) is 3.21. The third kappa shape index (κ3) is 5.30. The predicted molar refractivity (Wildman–Crippen MR) is 95.6 cm³/mol. The molecule has 22 heavy (non-hydrogen) atoms. The van der Waals surface area contributed by atoms with Crippen molar-refractivity contribution >= 4 is 10.9 Å². The highest BCUT2D eigenvalue weighted by Gasteiger charge is 2.22. The second-order valence-electron chi connectivity index (χ2n) is 5.32. The lowest BCUT2D eigenvalue weighted by atomic mass is 10.2. The van der Waals surface area contributed by atoms with Crippen molar-refractivity contribution in [2.45, 2.75) is 59.6 Å². The predicted octanol–water partition coefficient (Wildman–Crippen LogP) is 4.81. The van der Waals surface area contributed by atoms with E-state index in [2.05, 4.69) is 37.1 Å². The second-order valence-corrected chi connectivity index (χ2v) is 5.32. The van der Waals surface area contributed by atoms with Gasteiger partial charge >= 0.3 is 0 Å². The molecule has 2 aromatic rings. The Hall–Kier alpha value is -1.61. The zero-order valence-corrected chi connectivity index (χ0v) is 14.6. The van der Waals surface area contributed by atoms with Crippen molar-refractivity contribution in [3.05, 3.63) is 36.5 Å².